The Morgan fingerprint density at radius 3 is 2.79 bits per heavy atom. The molecule has 1 amide bonds. The number of nitrogens with one attached hydrogen (secondary N) is 1. The lowest BCUT2D eigenvalue weighted by Crippen LogP contribution is -2.28. The van der Waals surface area contributed by atoms with Gasteiger partial charge in [-0.25, -0.2) is 9.37 Å². The molecule has 24 heavy (non-hydrogen) atoms. The van der Waals surface area contributed by atoms with E-state index in [1.54, 1.807) is 12.1 Å². The van der Waals surface area contributed by atoms with Crippen molar-refractivity contribution in [1.82, 2.24) is 9.55 Å². The summed E-state index contributed by atoms with van der Waals surface area (Å²) < 4.78 is 14.3. The zero-order chi connectivity index (χ0) is 17.3. The summed E-state index contributed by atoms with van der Waals surface area (Å²) in [6.45, 7) is -0.262. The van der Waals surface area contributed by atoms with Gasteiger partial charge in [0.25, 0.3) is 5.56 Å². The number of carbonyl (C=O) groups is 1. The number of benzene rings is 2. The first kappa shape index (κ1) is 16.4. The van der Waals surface area contributed by atoms with E-state index < -0.39 is 17.3 Å². The molecule has 0 aliphatic carbocycles. The summed E-state index contributed by atoms with van der Waals surface area (Å²) in [5.74, 6) is -0.954. The molecule has 0 unspecified atom stereocenters. The minimum atomic E-state index is -0.486. The van der Waals surface area contributed by atoms with Crippen molar-refractivity contribution in [3.05, 3.63) is 68.9 Å². The van der Waals surface area contributed by atoms with Crippen molar-refractivity contribution in [2.45, 2.75) is 6.54 Å². The standard InChI is InChI=1S/C16H10Cl2FN3O2/c17-9-1-4-12(18)14(5-9)21-15(23)7-22-8-20-13-6-10(19)2-3-11(13)16(22)24/h1-6,8H,7H2,(H,21,23). The molecule has 1 heterocycles. The molecular formula is C16H10Cl2FN3O2. The largest absolute Gasteiger partial charge is 0.323 e. The van der Waals surface area contributed by atoms with Crippen LogP contribution in [0.5, 0.6) is 0 Å². The Labute approximate surface area is 145 Å². The summed E-state index contributed by atoms with van der Waals surface area (Å²) >= 11 is 11.8. The number of hydrogen-bond acceptors (Lipinski definition) is 3. The number of carbonyl (C=O) groups excluding carboxylic acids is 1. The van der Waals surface area contributed by atoms with Crippen LogP contribution < -0.4 is 10.9 Å². The van der Waals surface area contributed by atoms with Crippen molar-refractivity contribution >= 4 is 45.7 Å². The van der Waals surface area contributed by atoms with Crippen LogP contribution in [0.25, 0.3) is 10.9 Å². The van der Waals surface area contributed by atoms with Crippen LogP contribution in [0.4, 0.5) is 10.1 Å². The van der Waals surface area contributed by atoms with Gasteiger partial charge in [-0.3, -0.25) is 14.2 Å². The second kappa shape index (κ2) is 6.59. The van der Waals surface area contributed by atoms with Gasteiger partial charge in [0.2, 0.25) is 5.91 Å². The van der Waals surface area contributed by atoms with Crippen molar-refractivity contribution in [2.24, 2.45) is 0 Å². The van der Waals surface area contributed by atoms with Crippen molar-refractivity contribution in [1.29, 1.82) is 0 Å². The second-order valence-electron chi connectivity index (χ2n) is 5.01. The average Bonchev–Trinajstić information content (AvgIpc) is 2.53. The van der Waals surface area contributed by atoms with Gasteiger partial charge in [0.05, 0.1) is 27.9 Å². The Balaban J connectivity index is 1.85. The number of anilines is 1. The Morgan fingerprint density at radius 2 is 2.00 bits per heavy atom. The van der Waals surface area contributed by atoms with Gasteiger partial charge in [-0.15, -0.1) is 0 Å². The van der Waals surface area contributed by atoms with Gasteiger partial charge in [-0.2, -0.15) is 0 Å². The molecule has 0 aliphatic heterocycles. The number of rotatable bonds is 3. The summed E-state index contributed by atoms with van der Waals surface area (Å²) in [6, 6.07) is 8.32. The van der Waals surface area contributed by atoms with Crippen LogP contribution in [0.1, 0.15) is 0 Å². The Morgan fingerprint density at radius 1 is 1.21 bits per heavy atom. The van der Waals surface area contributed by atoms with Gasteiger partial charge in [0.1, 0.15) is 12.4 Å². The van der Waals surface area contributed by atoms with Gasteiger partial charge in [-0.1, -0.05) is 23.2 Å². The van der Waals surface area contributed by atoms with E-state index in [-0.39, 0.29) is 17.4 Å². The topological polar surface area (TPSA) is 64.0 Å². The number of aromatic nitrogens is 2. The first-order valence-electron chi connectivity index (χ1n) is 6.83. The average molecular weight is 366 g/mol. The third kappa shape index (κ3) is 3.39. The van der Waals surface area contributed by atoms with Crippen LogP contribution in [0.15, 0.2) is 47.5 Å². The third-order valence-electron chi connectivity index (χ3n) is 3.30. The highest BCUT2D eigenvalue weighted by Crippen LogP contribution is 2.25. The maximum atomic E-state index is 13.2. The lowest BCUT2D eigenvalue weighted by molar-refractivity contribution is -0.116. The molecule has 0 fully saturated rings. The molecule has 122 valence electrons. The highest BCUT2D eigenvalue weighted by atomic mass is 35.5. The highest BCUT2D eigenvalue weighted by molar-refractivity contribution is 6.35. The van der Waals surface area contributed by atoms with Crippen LogP contribution >= 0.6 is 23.2 Å². The monoisotopic (exact) mass is 365 g/mol. The normalized spacial score (nSPS) is 10.8. The van der Waals surface area contributed by atoms with Gasteiger partial charge < -0.3 is 5.32 Å². The second-order valence-corrected chi connectivity index (χ2v) is 5.86. The van der Waals surface area contributed by atoms with Crippen LogP contribution in [0, 0.1) is 5.82 Å². The number of amides is 1. The van der Waals surface area contributed by atoms with E-state index in [2.05, 4.69) is 10.3 Å². The van der Waals surface area contributed by atoms with E-state index in [0.29, 0.717) is 15.7 Å². The molecule has 2 aromatic carbocycles. The van der Waals surface area contributed by atoms with E-state index in [4.69, 9.17) is 23.2 Å². The van der Waals surface area contributed by atoms with Crippen molar-refractivity contribution in [3.8, 4) is 0 Å². The molecule has 1 N–H and O–H groups in total. The summed E-state index contributed by atoms with van der Waals surface area (Å²) in [5, 5.41) is 3.55. The van der Waals surface area contributed by atoms with Crippen LogP contribution in [0.3, 0.4) is 0 Å². The summed E-state index contributed by atoms with van der Waals surface area (Å²) in [4.78, 5) is 28.4. The maximum Gasteiger partial charge on any atom is 0.261 e. The minimum Gasteiger partial charge on any atom is -0.323 e. The first-order valence-corrected chi connectivity index (χ1v) is 7.59. The fourth-order valence-electron chi connectivity index (χ4n) is 2.18. The first-order chi connectivity index (χ1) is 11.4. The Hall–Kier alpha value is -2.44. The van der Waals surface area contributed by atoms with Crippen molar-refractivity contribution in [2.75, 3.05) is 5.32 Å². The van der Waals surface area contributed by atoms with Gasteiger partial charge >= 0.3 is 0 Å². The van der Waals surface area contributed by atoms with E-state index >= 15 is 0 Å². The molecule has 0 saturated heterocycles. The maximum absolute atomic E-state index is 13.2. The number of nitrogens with zero attached hydrogens (tertiary/aromatic N) is 2. The zero-order valence-electron chi connectivity index (χ0n) is 12.1. The molecule has 0 radical (unpaired) electrons. The molecule has 3 rings (SSSR count). The quantitative estimate of drug-likeness (QED) is 0.772. The number of hydrogen-bond donors (Lipinski definition) is 1. The van der Waals surface area contributed by atoms with E-state index in [0.717, 1.165) is 10.6 Å². The molecule has 0 bridgehead atoms. The number of halogens is 3. The van der Waals surface area contributed by atoms with E-state index in [1.807, 2.05) is 0 Å². The molecule has 5 nitrogen and oxygen atoms in total. The lowest BCUT2D eigenvalue weighted by Gasteiger charge is -2.09. The summed E-state index contributed by atoms with van der Waals surface area (Å²) in [6.07, 6.45) is 1.20. The minimum absolute atomic E-state index is 0.229. The highest BCUT2D eigenvalue weighted by Gasteiger charge is 2.11. The molecule has 1 aromatic heterocycles. The molecule has 0 aliphatic rings. The van der Waals surface area contributed by atoms with E-state index in [9.17, 15) is 14.0 Å². The Bertz CT molecular complexity index is 1000. The van der Waals surface area contributed by atoms with E-state index in [1.165, 1.54) is 24.5 Å². The van der Waals surface area contributed by atoms with Crippen molar-refractivity contribution < 1.29 is 9.18 Å². The fraction of sp³-hybridized carbons (Fsp3) is 0.0625. The lowest BCUT2D eigenvalue weighted by atomic mass is 10.2. The Kier molecular flexibility index (Phi) is 4.51. The predicted octanol–water partition coefficient (Wildman–Crippen LogP) is 3.48. The molecule has 0 spiro atoms. The predicted molar refractivity (Wildman–Crippen MR) is 91.1 cm³/mol. The molecule has 0 saturated carbocycles. The van der Waals surface area contributed by atoms with Crippen molar-refractivity contribution in [3.63, 3.8) is 0 Å². The molecule has 8 heteroatoms. The summed E-state index contributed by atoms with van der Waals surface area (Å²) in [7, 11) is 0. The SMILES string of the molecule is O=C(Cn1cnc2cc(F)ccc2c1=O)Nc1cc(Cl)ccc1Cl. The van der Waals surface area contributed by atoms with Gasteiger partial charge in [0.15, 0.2) is 0 Å². The third-order valence-corrected chi connectivity index (χ3v) is 3.87. The van der Waals surface area contributed by atoms with Crippen LogP contribution in [0.2, 0.25) is 10.0 Å². The summed E-state index contributed by atoms with van der Waals surface area (Å²) in [5.41, 5.74) is 0.139. The smallest absolute Gasteiger partial charge is 0.261 e. The zero-order valence-corrected chi connectivity index (χ0v) is 13.6. The van der Waals surface area contributed by atoms with Crippen LogP contribution in [-0.2, 0) is 11.3 Å². The van der Waals surface area contributed by atoms with Gasteiger partial charge in [0, 0.05) is 11.1 Å². The number of fused-ring (bicyclic) bond motifs is 1. The van der Waals surface area contributed by atoms with Gasteiger partial charge in [-0.05, 0) is 30.3 Å². The fourth-order valence-corrected chi connectivity index (χ4v) is 2.52. The molecular weight excluding hydrogens is 356 g/mol. The molecule has 0 atom stereocenters. The van der Waals surface area contributed by atoms with Crippen LogP contribution in [-0.4, -0.2) is 15.5 Å². The molecule has 3 aromatic rings.